The maximum Gasteiger partial charge on any atom is 0.181 e. The molecule has 0 spiro atoms. The van der Waals surface area contributed by atoms with Crippen LogP contribution in [0.3, 0.4) is 0 Å². The zero-order valence-electron chi connectivity index (χ0n) is 7.36. The first-order chi connectivity index (χ1) is 6.59. The Hall–Kier alpha value is -1.62. The summed E-state index contributed by atoms with van der Waals surface area (Å²) in [5.74, 6) is 0.00153. The summed E-state index contributed by atoms with van der Waals surface area (Å²) in [4.78, 5) is 11.4. The minimum atomic E-state index is -0.127. The summed E-state index contributed by atoms with van der Waals surface area (Å²) in [5, 5.41) is 11.6. The highest BCUT2D eigenvalue weighted by Crippen LogP contribution is 2.09. The molecule has 0 saturated carbocycles. The zero-order valence-corrected chi connectivity index (χ0v) is 8.17. The molecular formula is C9H10N2O2S. The molecule has 0 radical (unpaired) electrons. The van der Waals surface area contributed by atoms with Crippen LogP contribution in [0.15, 0.2) is 24.3 Å². The molecule has 4 N–H and O–H groups in total. The molecule has 4 nitrogen and oxygen atoms in total. The molecule has 0 atom stereocenters. The number of ketones is 1. The van der Waals surface area contributed by atoms with E-state index in [1.807, 2.05) is 0 Å². The first-order valence-electron chi connectivity index (χ1n) is 3.95. The van der Waals surface area contributed by atoms with E-state index in [0.29, 0.717) is 5.56 Å². The summed E-state index contributed by atoms with van der Waals surface area (Å²) < 4.78 is 0. The number of hydrogen-bond donors (Lipinski definition) is 3. The maximum atomic E-state index is 11.4. The highest BCUT2D eigenvalue weighted by Gasteiger charge is 2.04. The van der Waals surface area contributed by atoms with Gasteiger partial charge in [0.1, 0.15) is 5.75 Å². The van der Waals surface area contributed by atoms with Crippen LogP contribution in [-0.2, 0) is 0 Å². The second-order valence-corrected chi connectivity index (χ2v) is 3.13. The monoisotopic (exact) mass is 210 g/mol. The number of thiocarbonyl (C=S) groups is 1. The van der Waals surface area contributed by atoms with E-state index in [1.165, 1.54) is 12.1 Å². The van der Waals surface area contributed by atoms with E-state index in [9.17, 15) is 4.79 Å². The predicted molar refractivity (Wildman–Crippen MR) is 57.2 cm³/mol. The Balaban J connectivity index is 2.61. The smallest absolute Gasteiger partial charge is 0.181 e. The fourth-order valence-electron chi connectivity index (χ4n) is 0.917. The number of Topliss-reactive ketones (excluding diaryl/α,β-unsaturated/α-hetero) is 1. The number of carbonyl (C=O) groups is 1. The molecule has 0 saturated heterocycles. The first-order valence-corrected chi connectivity index (χ1v) is 4.36. The lowest BCUT2D eigenvalue weighted by molar-refractivity contribution is 0.0996. The lowest BCUT2D eigenvalue weighted by Gasteiger charge is -2.02. The first kappa shape index (κ1) is 10.5. The van der Waals surface area contributed by atoms with Crippen LogP contribution in [0.2, 0.25) is 0 Å². The summed E-state index contributed by atoms with van der Waals surface area (Å²) in [6.07, 6.45) is 0. The Morgan fingerprint density at radius 1 is 1.43 bits per heavy atom. The molecule has 0 aliphatic carbocycles. The van der Waals surface area contributed by atoms with Gasteiger partial charge in [-0.3, -0.25) is 4.79 Å². The van der Waals surface area contributed by atoms with Gasteiger partial charge in [0, 0.05) is 5.56 Å². The molecule has 1 aromatic rings. The standard InChI is InChI=1S/C9H10N2O2S/c10-9(14)11-5-8(13)6-1-3-7(12)4-2-6/h1-4,12H,5H2,(H3,10,11,14). The van der Waals surface area contributed by atoms with Crippen molar-refractivity contribution >= 4 is 23.1 Å². The number of phenols is 1. The van der Waals surface area contributed by atoms with Gasteiger partial charge in [0.25, 0.3) is 0 Å². The summed E-state index contributed by atoms with van der Waals surface area (Å²) in [5.41, 5.74) is 5.68. The van der Waals surface area contributed by atoms with E-state index in [4.69, 9.17) is 10.8 Å². The lowest BCUT2D eigenvalue weighted by atomic mass is 10.1. The number of hydrogen-bond acceptors (Lipinski definition) is 3. The van der Waals surface area contributed by atoms with Crippen molar-refractivity contribution in [3.05, 3.63) is 29.8 Å². The highest BCUT2D eigenvalue weighted by molar-refractivity contribution is 7.80. The largest absolute Gasteiger partial charge is 0.508 e. The molecule has 74 valence electrons. The normalized spacial score (nSPS) is 9.43. The fourth-order valence-corrected chi connectivity index (χ4v) is 0.989. The van der Waals surface area contributed by atoms with Gasteiger partial charge >= 0.3 is 0 Å². The summed E-state index contributed by atoms with van der Waals surface area (Å²) >= 11 is 4.56. The Morgan fingerprint density at radius 2 is 2.00 bits per heavy atom. The molecule has 0 aliphatic rings. The number of nitrogens with two attached hydrogens (primary N) is 1. The number of aromatic hydroxyl groups is 1. The van der Waals surface area contributed by atoms with Gasteiger partial charge in [-0.15, -0.1) is 0 Å². The number of carbonyl (C=O) groups excluding carboxylic acids is 1. The van der Waals surface area contributed by atoms with E-state index >= 15 is 0 Å². The van der Waals surface area contributed by atoms with Gasteiger partial charge in [0.15, 0.2) is 10.9 Å². The Morgan fingerprint density at radius 3 is 2.50 bits per heavy atom. The van der Waals surface area contributed by atoms with Gasteiger partial charge in [0.05, 0.1) is 6.54 Å². The van der Waals surface area contributed by atoms with Crippen molar-refractivity contribution in [2.24, 2.45) is 5.73 Å². The van der Waals surface area contributed by atoms with Gasteiger partial charge in [-0.1, -0.05) is 0 Å². The van der Waals surface area contributed by atoms with E-state index in [2.05, 4.69) is 17.5 Å². The van der Waals surface area contributed by atoms with Crippen LogP contribution < -0.4 is 11.1 Å². The SMILES string of the molecule is NC(=S)NCC(=O)c1ccc(O)cc1. The molecule has 0 amide bonds. The topological polar surface area (TPSA) is 75.3 Å². The second kappa shape index (κ2) is 4.57. The van der Waals surface area contributed by atoms with Crippen molar-refractivity contribution in [1.29, 1.82) is 0 Å². The van der Waals surface area contributed by atoms with Crippen molar-refractivity contribution in [1.82, 2.24) is 5.32 Å². The average Bonchev–Trinajstić information content (AvgIpc) is 2.15. The minimum Gasteiger partial charge on any atom is -0.508 e. The zero-order chi connectivity index (χ0) is 10.6. The minimum absolute atomic E-state index is 0.0696. The summed E-state index contributed by atoms with van der Waals surface area (Å²) in [7, 11) is 0. The maximum absolute atomic E-state index is 11.4. The molecule has 14 heavy (non-hydrogen) atoms. The third-order valence-electron chi connectivity index (χ3n) is 1.61. The number of phenolic OH excluding ortho intramolecular Hbond substituents is 1. The second-order valence-electron chi connectivity index (χ2n) is 2.69. The molecule has 0 heterocycles. The quantitative estimate of drug-likeness (QED) is 0.497. The van der Waals surface area contributed by atoms with Gasteiger partial charge < -0.3 is 16.2 Å². The van der Waals surface area contributed by atoms with Crippen molar-refractivity contribution < 1.29 is 9.90 Å². The van der Waals surface area contributed by atoms with Crippen molar-refractivity contribution in [2.45, 2.75) is 0 Å². The van der Waals surface area contributed by atoms with Crippen LogP contribution in [0.5, 0.6) is 5.75 Å². The van der Waals surface area contributed by atoms with Gasteiger partial charge in [-0.25, -0.2) is 0 Å². The predicted octanol–water partition coefficient (Wildman–Crippen LogP) is 0.408. The third kappa shape index (κ3) is 3.02. The Labute approximate surface area is 86.7 Å². The molecule has 5 heteroatoms. The highest BCUT2D eigenvalue weighted by atomic mass is 32.1. The molecule has 0 fully saturated rings. The molecular weight excluding hydrogens is 200 g/mol. The van der Waals surface area contributed by atoms with Crippen LogP contribution >= 0.6 is 12.2 Å². The molecule has 0 bridgehead atoms. The molecule has 1 aromatic carbocycles. The van der Waals surface area contributed by atoms with Crippen LogP contribution in [0.4, 0.5) is 0 Å². The van der Waals surface area contributed by atoms with Crippen LogP contribution in [-0.4, -0.2) is 22.5 Å². The fraction of sp³-hybridized carbons (Fsp3) is 0.111. The van der Waals surface area contributed by atoms with Crippen LogP contribution in [0.25, 0.3) is 0 Å². The number of rotatable bonds is 3. The average molecular weight is 210 g/mol. The Bertz CT molecular complexity index is 348. The molecule has 1 rings (SSSR count). The lowest BCUT2D eigenvalue weighted by Crippen LogP contribution is -2.33. The van der Waals surface area contributed by atoms with Crippen LogP contribution in [0.1, 0.15) is 10.4 Å². The van der Waals surface area contributed by atoms with Gasteiger partial charge in [0.2, 0.25) is 0 Å². The number of benzene rings is 1. The van der Waals surface area contributed by atoms with E-state index < -0.39 is 0 Å². The van der Waals surface area contributed by atoms with Crippen molar-refractivity contribution in [2.75, 3.05) is 6.54 Å². The summed E-state index contributed by atoms with van der Waals surface area (Å²) in [6.45, 7) is 0.0696. The van der Waals surface area contributed by atoms with Crippen LogP contribution in [0, 0.1) is 0 Å². The summed E-state index contributed by atoms with van der Waals surface area (Å²) in [6, 6.07) is 5.99. The third-order valence-corrected chi connectivity index (χ3v) is 1.76. The van der Waals surface area contributed by atoms with Gasteiger partial charge in [-0.2, -0.15) is 0 Å². The molecule has 0 unspecified atom stereocenters. The van der Waals surface area contributed by atoms with E-state index in [0.717, 1.165) is 0 Å². The molecule has 0 aliphatic heterocycles. The molecule has 0 aromatic heterocycles. The van der Waals surface area contributed by atoms with E-state index in [-0.39, 0.29) is 23.2 Å². The van der Waals surface area contributed by atoms with Crippen molar-refractivity contribution in [3.63, 3.8) is 0 Å². The van der Waals surface area contributed by atoms with Gasteiger partial charge in [-0.05, 0) is 36.5 Å². The Kier molecular flexibility index (Phi) is 3.41. The van der Waals surface area contributed by atoms with Crippen molar-refractivity contribution in [3.8, 4) is 5.75 Å². The van der Waals surface area contributed by atoms with E-state index in [1.54, 1.807) is 12.1 Å². The number of nitrogens with one attached hydrogen (secondary N) is 1.